The smallest absolute Gasteiger partial charge is 0.361 e. The fourth-order valence-electron chi connectivity index (χ4n) is 3.52. The number of likely N-dealkylation sites (tertiary alicyclic amines) is 1. The molecule has 0 saturated carbocycles. The summed E-state index contributed by atoms with van der Waals surface area (Å²) >= 11 is 0. The molecule has 8 heteroatoms. The number of carbonyl (C=O) groups excluding carboxylic acids is 2. The predicted octanol–water partition coefficient (Wildman–Crippen LogP) is 3.41. The molecular formula is C21H22N4O4. The molecule has 1 saturated heterocycles. The van der Waals surface area contributed by atoms with E-state index in [0.29, 0.717) is 25.2 Å². The first-order valence-corrected chi connectivity index (χ1v) is 9.58. The van der Waals surface area contributed by atoms with Gasteiger partial charge in [0.1, 0.15) is 5.69 Å². The summed E-state index contributed by atoms with van der Waals surface area (Å²) in [6.07, 6.45) is 5.34. The number of aromatic amines is 1. The van der Waals surface area contributed by atoms with E-state index in [-0.39, 0.29) is 5.69 Å². The van der Waals surface area contributed by atoms with Crippen LogP contribution >= 0.6 is 0 Å². The van der Waals surface area contributed by atoms with E-state index in [1.54, 1.807) is 12.4 Å². The van der Waals surface area contributed by atoms with Crippen molar-refractivity contribution < 1.29 is 19.1 Å². The van der Waals surface area contributed by atoms with Crippen molar-refractivity contribution >= 4 is 34.7 Å². The van der Waals surface area contributed by atoms with Gasteiger partial charge in [-0.25, -0.2) is 9.69 Å². The van der Waals surface area contributed by atoms with Crippen molar-refractivity contribution in [3.8, 4) is 0 Å². The third kappa shape index (κ3) is 4.22. The van der Waals surface area contributed by atoms with Crippen molar-refractivity contribution in [1.82, 2.24) is 14.9 Å². The summed E-state index contributed by atoms with van der Waals surface area (Å²) < 4.78 is 10.6. The van der Waals surface area contributed by atoms with E-state index in [1.807, 2.05) is 41.3 Å². The number of anilines is 2. The molecule has 1 fully saturated rings. The Hall–Kier alpha value is -3.39. The lowest BCUT2D eigenvalue weighted by Gasteiger charge is -2.31. The maximum atomic E-state index is 13.0. The van der Waals surface area contributed by atoms with Gasteiger partial charge in [-0.15, -0.1) is 0 Å². The quantitative estimate of drug-likeness (QED) is 0.360. The molecule has 4 rings (SSSR count). The molecule has 1 atom stereocenters. The molecule has 150 valence electrons. The van der Waals surface area contributed by atoms with Crippen LogP contribution in [-0.4, -0.2) is 46.8 Å². The van der Waals surface area contributed by atoms with Gasteiger partial charge in [-0.1, -0.05) is 24.6 Å². The van der Waals surface area contributed by atoms with Crippen LogP contribution in [0.5, 0.6) is 0 Å². The van der Waals surface area contributed by atoms with Crippen molar-refractivity contribution in [2.24, 2.45) is 0 Å². The summed E-state index contributed by atoms with van der Waals surface area (Å²) in [4.78, 5) is 33.0. The highest BCUT2D eigenvalue weighted by molar-refractivity contribution is 6.07. The number of piperidine rings is 1. The van der Waals surface area contributed by atoms with Crippen molar-refractivity contribution in [3.63, 3.8) is 0 Å². The largest absolute Gasteiger partial charge is 0.413 e. The summed E-state index contributed by atoms with van der Waals surface area (Å²) in [6.45, 7) is 1.73. The van der Waals surface area contributed by atoms with Gasteiger partial charge in [0.15, 0.2) is 0 Å². The zero-order chi connectivity index (χ0) is 20.1. The number of fused-ring (bicyclic) bond motifs is 1. The number of nitrogens with one attached hydrogen (secondary N) is 2. The average molecular weight is 394 g/mol. The summed E-state index contributed by atoms with van der Waals surface area (Å²) in [7, 11) is 0. The van der Waals surface area contributed by atoms with Gasteiger partial charge >= 0.3 is 12.4 Å². The van der Waals surface area contributed by atoms with Gasteiger partial charge in [0, 0.05) is 42.1 Å². The molecule has 1 aliphatic heterocycles. The van der Waals surface area contributed by atoms with Crippen LogP contribution in [0.3, 0.4) is 0 Å². The van der Waals surface area contributed by atoms with E-state index < -0.39 is 12.4 Å². The number of hydrogen-bond acceptors (Lipinski definition) is 7. The molecule has 0 amide bonds. The molecule has 2 aromatic heterocycles. The second-order valence-electron chi connectivity index (χ2n) is 6.82. The van der Waals surface area contributed by atoms with Crippen molar-refractivity contribution in [1.29, 1.82) is 0 Å². The van der Waals surface area contributed by atoms with E-state index >= 15 is 0 Å². The lowest BCUT2D eigenvalue weighted by molar-refractivity contribution is -0.193. The molecule has 0 spiro atoms. The molecule has 8 nitrogen and oxygen atoms in total. The first-order chi connectivity index (χ1) is 14.3. The standard InChI is InChI=1S/C21H22N4O4/c26-14-28-21(25-12-4-1-5-13-25)29-20(27)19-18(23-15-8-10-22-11-9-15)16-6-2-3-7-17(16)24-19/h2-3,6-11,14,21,24H,1,4-5,12-13H2,(H,22,23). The highest BCUT2D eigenvalue weighted by Crippen LogP contribution is 2.31. The normalized spacial score (nSPS) is 15.6. The van der Waals surface area contributed by atoms with Gasteiger partial charge in [-0.3, -0.25) is 9.78 Å². The van der Waals surface area contributed by atoms with Gasteiger partial charge < -0.3 is 19.8 Å². The first kappa shape index (κ1) is 18.9. The topological polar surface area (TPSA) is 96.5 Å². The van der Waals surface area contributed by atoms with Gasteiger partial charge in [0.05, 0.1) is 5.69 Å². The van der Waals surface area contributed by atoms with Gasteiger partial charge in [0.2, 0.25) is 0 Å². The molecule has 0 aliphatic carbocycles. The monoisotopic (exact) mass is 394 g/mol. The number of H-pyrrole nitrogens is 1. The van der Waals surface area contributed by atoms with Crippen LogP contribution in [0.1, 0.15) is 29.8 Å². The Morgan fingerprint density at radius 1 is 1.14 bits per heavy atom. The van der Waals surface area contributed by atoms with E-state index in [2.05, 4.69) is 15.3 Å². The molecule has 1 aliphatic rings. The lowest BCUT2D eigenvalue weighted by Crippen LogP contribution is -2.43. The molecule has 2 N–H and O–H groups in total. The Bertz CT molecular complexity index is 983. The second-order valence-corrected chi connectivity index (χ2v) is 6.82. The van der Waals surface area contributed by atoms with Gasteiger partial charge in [-0.2, -0.15) is 0 Å². The number of hydrogen-bond donors (Lipinski definition) is 2. The van der Waals surface area contributed by atoms with Crippen molar-refractivity contribution in [2.75, 3.05) is 18.4 Å². The third-order valence-electron chi connectivity index (χ3n) is 4.93. The Kier molecular flexibility index (Phi) is 5.71. The van der Waals surface area contributed by atoms with Crippen LogP contribution < -0.4 is 5.32 Å². The van der Waals surface area contributed by atoms with Gasteiger partial charge in [-0.05, 0) is 31.0 Å². The van der Waals surface area contributed by atoms with Crippen LogP contribution in [0.25, 0.3) is 10.9 Å². The van der Waals surface area contributed by atoms with Crippen LogP contribution in [-0.2, 0) is 14.3 Å². The second kappa shape index (κ2) is 8.74. The maximum Gasteiger partial charge on any atom is 0.361 e. The highest BCUT2D eigenvalue weighted by atomic mass is 16.7. The van der Waals surface area contributed by atoms with Crippen LogP contribution in [0.15, 0.2) is 48.8 Å². The van der Waals surface area contributed by atoms with Crippen LogP contribution in [0, 0.1) is 0 Å². The Morgan fingerprint density at radius 2 is 1.90 bits per heavy atom. The number of esters is 1. The minimum absolute atomic E-state index is 0.263. The summed E-state index contributed by atoms with van der Waals surface area (Å²) in [5, 5.41) is 4.11. The zero-order valence-electron chi connectivity index (χ0n) is 15.8. The Morgan fingerprint density at radius 3 is 2.66 bits per heavy atom. The molecule has 0 bridgehead atoms. The van der Waals surface area contributed by atoms with Gasteiger partial charge in [0.25, 0.3) is 6.47 Å². The Balaban J connectivity index is 1.63. The number of nitrogens with zero attached hydrogens (tertiary/aromatic N) is 2. The number of benzene rings is 1. The van der Waals surface area contributed by atoms with Crippen LogP contribution in [0.2, 0.25) is 0 Å². The van der Waals surface area contributed by atoms with Crippen LogP contribution in [0.4, 0.5) is 11.4 Å². The molecule has 3 aromatic rings. The maximum absolute atomic E-state index is 13.0. The number of pyridine rings is 1. The third-order valence-corrected chi connectivity index (χ3v) is 4.93. The van der Waals surface area contributed by atoms with E-state index in [4.69, 9.17) is 9.47 Å². The molecule has 1 aromatic carbocycles. The minimum atomic E-state index is -1.04. The Labute approximate surface area is 167 Å². The summed E-state index contributed by atoms with van der Waals surface area (Å²) in [5.74, 6) is -0.602. The SMILES string of the molecule is O=COC(OC(=O)c1[nH]c2ccccc2c1Nc1ccncc1)N1CCCCC1. The lowest BCUT2D eigenvalue weighted by atomic mass is 10.1. The first-order valence-electron chi connectivity index (χ1n) is 9.58. The van der Waals surface area contributed by atoms with Crippen molar-refractivity contribution in [3.05, 3.63) is 54.5 Å². The number of aromatic nitrogens is 2. The predicted molar refractivity (Wildman–Crippen MR) is 108 cm³/mol. The molecular weight excluding hydrogens is 372 g/mol. The fourth-order valence-corrected chi connectivity index (χ4v) is 3.52. The molecule has 1 unspecified atom stereocenters. The number of ether oxygens (including phenoxy) is 2. The van der Waals surface area contributed by atoms with Crippen molar-refractivity contribution in [2.45, 2.75) is 25.7 Å². The van der Waals surface area contributed by atoms with E-state index in [1.165, 1.54) is 0 Å². The number of para-hydroxylation sites is 1. The molecule has 3 heterocycles. The van der Waals surface area contributed by atoms with E-state index in [9.17, 15) is 9.59 Å². The highest BCUT2D eigenvalue weighted by Gasteiger charge is 2.28. The summed E-state index contributed by atoms with van der Waals surface area (Å²) in [6, 6.07) is 11.2. The minimum Gasteiger partial charge on any atom is -0.413 e. The summed E-state index contributed by atoms with van der Waals surface area (Å²) in [5.41, 5.74) is 2.44. The average Bonchev–Trinajstić information content (AvgIpc) is 3.13. The molecule has 29 heavy (non-hydrogen) atoms. The number of rotatable bonds is 7. The fraction of sp³-hybridized carbons (Fsp3) is 0.286. The number of carbonyl (C=O) groups is 2. The molecule has 0 radical (unpaired) electrons. The van der Waals surface area contributed by atoms with E-state index in [0.717, 1.165) is 35.9 Å². The zero-order valence-corrected chi connectivity index (χ0v) is 15.8.